The van der Waals surface area contributed by atoms with Crippen molar-refractivity contribution in [2.24, 2.45) is 0 Å². The van der Waals surface area contributed by atoms with Crippen LogP contribution < -0.4 is 0 Å². The van der Waals surface area contributed by atoms with E-state index in [0.29, 0.717) is 5.56 Å². The van der Waals surface area contributed by atoms with E-state index in [4.69, 9.17) is 16.0 Å². The fourth-order valence-corrected chi connectivity index (χ4v) is 2.10. The fourth-order valence-electron chi connectivity index (χ4n) is 1.89. The van der Waals surface area contributed by atoms with Crippen LogP contribution in [0.3, 0.4) is 0 Å². The van der Waals surface area contributed by atoms with Crippen molar-refractivity contribution in [3.63, 3.8) is 0 Å². The first-order chi connectivity index (χ1) is 8.22. The Morgan fingerprint density at radius 1 is 1.35 bits per heavy atom. The second kappa shape index (κ2) is 5.39. The zero-order valence-corrected chi connectivity index (χ0v) is 10.4. The van der Waals surface area contributed by atoms with Crippen LogP contribution in [-0.2, 0) is 6.42 Å². The van der Waals surface area contributed by atoms with Gasteiger partial charge in [-0.15, -0.1) is 0 Å². The second-order valence-corrected chi connectivity index (χ2v) is 4.39. The zero-order valence-electron chi connectivity index (χ0n) is 9.69. The van der Waals surface area contributed by atoms with Crippen LogP contribution in [0.15, 0.2) is 41.0 Å². The van der Waals surface area contributed by atoms with Gasteiger partial charge in [-0.2, -0.15) is 0 Å². The van der Waals surface area contributed by atoms with E-state index in [9.17, 15) is 5.11 Å². The lowest BCUT2D eigenvalue weighted by atomic mass is 10.0. The molecule has 0 aliphatic carbocycles. The molecule has 0 amide bonds. The summed E-state index contributed by atoms with van der Waals surface area (Å²) in [7, 11) is 0. The number of halogens is 1. The van der Waals surface area contributed by atoms with Crippen molar-refractivity contribution < 1.29 is 9.52 Å². The Bertz CT molecular complexity index is 490. The maximum Gasteiger partial charge on any atom is 0.199 e. The van der Waals surface area contributed by atoms with Crippen molar-refractivity contribution in [2.75, 3.05) is 0 Å². The second-order valence-electron chi connectivity index (χ2n) is 4.05. The Hall–Kier alpha value is -1.25. The van der Waals surface area contributed by atoms with Crippen LogP contribution in [-0.4, -0.2) is 5.11 Å². The molecule has 1 heterocycles. The Kier molecular flexibility index (Phi) is 3.87. The van der Waals surface area contributed by atoms with E-state index in [0.717, 1.165) is 18.4 Å². The van der Waals surface area contributed by atoms with Crippen molar-refractivity contribution in [1.29, 1.82) is 0 Å². The molecule has 1 N–H and O–H groups in total. The molecular weight excluding hydrogens is 236 g/mol. The van der Waals surface area contributed by atoms with E-state index in [1.807, 2.05) is 18.2 Å². The molecule has 0 aliphatic rings. The van der Waals surface area contributed by atoms with Crippen LogP contribution in [0.1, 0.15) is 36.1 Å². The molecule has 0 saturated carbocycles. The quantitative estimate of drug-likeness (QED) is 0.891. The first-order valence-corrected chi connectivity index (χ1v) is 6.10. The summed E-state index contributed by atoms with van der Waals surface area (Å²) < 4.78 is 4.99. The highest BCUT2D eigenvalue weighted by Gasteiger charge is 2.16. The fraction of sp³-hybridized carbons (Fsp3) is 0.286. The van der Waals surface area contributed by atoms with Crippen LogP contribution in [0, 0.1) is 0 Å². The van der Waals surface area contributed by atoms with Crippen LogP contribution in [0.4, 0.5) is 0 Å². The molecule has 0 aliphatic heterocycles. The monoisotopic (exact) mass is 250 g/mol. The van der Waals surface area contributed by atoms with Gasteiger partial charge in [-0.3, -0.25) is 0 Å². The number of aliphatic hydroxyl groups excluding tert-OH is 1. The van der Waals surface area contributed by atoms with Gasteiger partial charge in [-0.1, -0.05) is 37.6 Å². The normalized spacial score (nSPS) is 12.6. The summed E-state index contributed by atoms with van der Waals surface area (Å²) in [4.78, 5) is 0. The van der Waals surface area contributed by atoms with Gasteiger partial charge in [0.1, 0.15) is 6.10 Å². The first-order valence-electron chi connectivity index (χ1n) is 5.72. The molecule has 2 rings (SSSR count). The van der Waals surface area contributed by atoms with Gasteiger partial charge in [0.2, 0.25) is 0 Å². The Morgan fingerprint density at radius 3 is 2.82 bits per heavy atom. The number of hydrogen-bond acceptors (Lipinski definition) is 2. The highest BCUT2D eigenvalue weighted by Crippen LogP contribution is 2.29. The average molecular weight is 251 g/mol. The maximum atomic E-state index is 10.2. The van der Waals surface area contributed by atoms with Crippen molar-refractivity contribution >= 4 is 11.6 Å². The molecule has 17 heavy (non-hydrogen) atoms. The van der Waals surface area contributed by atoms with Crippen LogP contribution in [0.2, 0.25) is 5.22 Å². The van der Waals surface area contributed by atoms with Crippen molar-refractivity contribution in [1.82, 2.24) is 0 Å². The maximum absolute atomic E-state index is 10.2. The summed E-state index contributed by atoms with van der Waals surface area (Å²) in [5, 5.41) is 10.5. The Morgan fingerprint density at radius 2 is 2.18 bits per heavy atom. The van der Waals surface area contributed by atoms with Crippen molar-refractivity contribution in [3.8, 4) is 0 Å². The van der Waals surface area contributed by atoms with E-state index >= 15 is 0 Å². The van der Waals surface area contributed by atoms with E-state index in [-0.39, 0.29) is 5.22 Å². The number of furan rings is 1. The third-order valence-electron chi connectivity index (χ3n) is 2.75. The summed E-state index contributed by atoms with van der Waals surface area (Å²) >= 11 is 5.86. The van der Waals surface area contributed by atoms with Gasteiger partial charge < -0.3 is 9.52 Å². The molecule has 0 spiro atoms. The Labute approximate surface area is 106 Å². The van der Waals surface area contributed by atoms with Gasteiger partial charge >= 0.3 is 0 Å². The smallest absolute Gasteiger partial charge is 0.199 e. The highest BCUT2D eigenvalue weighted by atomic mass is 35.5. The molecule has 0 fully saturated rings. The molecule has 2 aromatic rings. The number of hydrogen-bond donors (Lipinski definition) is 1. The average Bonchev–Trinajstić information content (AvgIpc) is 2.75. The molecule has 1 aromatic carbocycles. The summed E-state index contributed by atoms with van der Waals surface area (Å²) in [6.07, 6.45) is 2.86. The lowest BCUT2D eigenvalue weighted by Gasteiger charge is -2.11. The topological polar surface area (TPSA) is 33.4 Å². The van der Waals surface area contributed by atoms with E-state index in [1.165, 1.54) is 11.8 Å². The minimum absolute atomic E-state index is 0.249. The van der Waals surface area contributed by atoms with Gasteiger partial charge in [0, 0.05) is 5.56 Å². The van der Waals surface area contributed by atoms with Crippen LogP contribution in [0.25, 0.3) is 0 Å². The lowest BCUT2D eigenvalue weighted by molar-refractivity contribution is 0.219. The molecule has 1 unspecified atom stereocenters. The van der Waals surface area contributed by atoms with Gasteiger partial charge in [0.15, 0.2) is 5.22 Å². The van der Waals surface area contributed by atoms with E-state index < -0.39 is 6.10 Å². The number of benzene rings is 1. The van der Waals surface area contributed by atoms with Gasteiger partial charge in [0.05, 0.1) is 6.26 Å². The summed E-state index contributed by atoms with van der Waals surface area (Å²) in [6.45, 7) is 2.13. The van der Waals surface area contributed by atoms with Gasteiger partial charge in [-0.05, 0) is 35.2 Å². The molecule has 2 nitrogen and oxygen atoms in total. The highest BCUT2D eigenvalue weighted by molar-refractivity contribution is 6.29. The molecule has 0 radical (unpaired) electrons. The first kappa shape index (κ1) is 12.2. The SMILES string of the molecule is CCCc1cccc(C(O)c2ccoc2Cl)c1. The molecular formula is C14H15ClO2. The molecule has 1 atom stereocenters. The minimum atomic E-state index is -0.724. The van der Waals surface area contributed by atoms with Crippen molar-refractivity contribution in [3.05, 3.63) is 58.5 Å². The minimum Gasteiger partial charge on any atom is -0.453 e. The van der Waals surface area contributed by atoms with Gasteiger partial charge in [0.25, 0.3) is 0 Å². The largest absolute Gasteiger partial charge is 0.453 e. The molecule has 1 aromatic heterocycles. The summed E-state index contributed by atoms with van der Waals surface area (Å²) in [6, 6.07) is 9.62. The third-order valence-corrected chi connectivity index (χ3v) is 3.05. The van der Waals surface area contributed by atoms with Crippen LogP contribution in [0.5, 0.6) is 0 Å². The predicted molar refractivity (Wildman–Crippen MR) is 68.2 cm³/mol. The number of aliphatic hydroxyl groups is 1. The lowest BCUT2D eigenvalue weighted by Crippen LogP contribution is -1.99. The molecule has 3 heteroatoms. The van der Waals surface area contributed by atoms with Crippen molar-refractivity contribution in [2.45, 2.75) is 25.9 Å². The molecule has 0 bridgehead atoms. The standard InChI is InChI=1S/C14H15ClO2/c1-2-4-10-5-3-6-11(9-10)13(16)12-7-8-17-14(12)15/h3,5-9,13,16H,2,4H2,1H3. The number of aryl methyl sites for hydroxylation is 1. The summed E-state index contributed by atoms with van der Waals surface area (Å²) in [5.41, 5.74) is 2.68. The zero-order chi connectivity index (χ0) is 12.3. The third kappa shape index (κ3) is 2.71. The predicted octanol–water partition coefficient (Wildman–Crippen LogP) is 3.97. The Balaban J connectivity index is 2.28. The molecule has 0 saturated heterocycles. The van der Waals surface area contributed by atoms with E-state index in [1.54, 1.807) is 6.07 Å². The van der Waals surface area contributed by atoms with Gasteiger partial charge in [-0.25, -0.2) is 0 Å². The molecule has 90 valence electrons. The number of rotatable bonds is 4. The summed E-state index contributed by atoms with van der Waals surface area (Å²) in [5.74, 6) is 0. The van der Waals surface area contributed by atoms with Crippen LogP contribution >= 0.6 is 11.6 Å². The van der Waals surface area contributed by atoms with E-state index in [2.05, 4.69) is 13.0 Å².